The molecule has 0 bridgehead atoms. The molecule has 0 rings (SSSR count). The fourth-order valence-electron chi connectivity index (χ4n) is 0. The first kappa shape index (κ1) is 9.25. The maximum atomic E-state index is 8.39. The van der Waals surface area contributed by atoms with E-state index >= 15 is 0 Å². The normalized spacial score (nSPS) is 2.00. The van der Waals surface area contributed by atoms with Gasteiger partial charge in [-0.25, -0.2) is 0 Å². The van der Waals surface area contributed by atoms with E-state index in [1.807, 2.05) is 0 Å². The van der Waals surface area contributed by atoms with Crippen LogP contribution in [-0.2, 0) is 28.4 Å². The average molecular weight is 368 g/mol. The van der Waals surface area contributed by atoms with E-state index in [9.17, 15) is 0 Å². The molecule has 4 heteroatoms. The second-order valence-corrected chi connectivity index (χ2v) is 0. The molecule has 0 aromatic carbocycles. The first-order chi connectivity index (χ1) is 2.00. The van der Waals surface area contributed by atoms with Crippen molar-refractivity contribution in [2.75, 3.05) is 0 Å². The molecule has 0 aliphatic carbocycles. The van der Waals surface area contributed by atoms with Gasteiger partial charge in [0, 0.05) is 0 Å². The molecule has 0 unspecified atom stereocenters. The third-order valence-electron chi connectivity index (χ3n) is 0. The van der Waals surface area contributed by atoms with Gasteiger partial charge in [-0.05, 0) is 0 Å². The van der Waals surface area contributed by atoms with Gasteiger partial charge in [0.05, 0.1) is 0 Å². The SMILES string of the molecule is [O]=[Gd].[O]=[Hf]. The van der Waals surface area contributed by atoms with E-state index in [4.69, 9.17) is 4.02 Å². The molecular formula is GdHfO2. The van der Waals surface area contributed by atoms with E-state index in [1.54, 1.807) is 0 Å². The average Bonchev–Trinajstić information content (AvgIpc) is 1.50. The molecule has 0 amide bonds. The Bertz CT molecular complexity index is 8.00. The monoisotopic (exact) mass is 370 g/mol. The van der Waals surface area contributed by atoms with Crippen molar-refractivity contribution in [3.63, 3.8) is 0 Å². The minimum atomic E-state index is 0.0556. The summed E-state index contributed by atoms with van der Waals surface area (Å²) in [6, 6.07) is 0. The van der Waals surface area contributed by atoms with Crippen LogP contribution >= 0.6 is 0 Å². The zero-order chi connectivity index (χ0) is 4.00. The van der Waals surface area contributed by atoms with Crippen LogP contribution in [0, 0.1) is 38.0 Å². The Morgan fingerprint density at radius 3 is 1.25 bits per heavy atom. The van der Waals surface area contributed by atoms with Gasteiger partial charge in [0.25, 0.3) is 0 Å². The van der Waals surface area contributed by atoms with Crippen molar-refractivity contribution in [3.8, 4) is 0 Å². The summed E-state index contributed by atoms with van der Waals surface area (Å²) < 4.78 is 16.7. The van der Waals surface area contributed by atoms with E-state index in [0.717, 1.165) is 0 Å². The molecule has 0 aliphatic heterocycles. The molecule has 0 aromatic heterocycles. The predicted octanol–water partition coefficient (Wildman–Crippen LogP) is -0.240. The Labute approximate surface area is 65.1 Å². The molecule has 0 fully saturated rings. The van der Waals surface area contributed by atoms with Gasteiger partial charge in [-0.1, -0.05) is 0 Å². The van der Waals surface area contributed by atoms with Crippen LogP contribution in [0.15, 0.2) is 0 Å². The molecule has 4 heavy (non-hydrogen) atoms. The molecule has 0 saturated heterocycles. The minimum absolute atomic E-state index is 0.0556. The standard InChI is InChI=1S/Gd.Hf.2O. The molecule has 0 aromatic rings. The van der Waals surface area contributed by atoms with Crippen molar-refractivity contribution < 1.29 is 66.4 Å². The molecule has 0 saturated carbocycles. The first-order valence-corrected chi connectivity index (χ1v) is 2.74. The predicted molar refractivity (Wildman–Crippen MR) is 1.37 cm³/mol. The zero-order valence-electron chi connectivity index (χ0n) is 1.67. The zero-order valence-corrected chi connectivity index (χ0v) is 7.53. The van der Waals surface area contributed by atoms with Gasteiger partial charge in [-0.15, -0.1) is 0 Å². The summed E-state index contributed by atoms with van der Waals surface area (Å²) in [5.41, 5.74) is 0. The molecule has 0 atom stereocenters. The summed E-state index contributed by atoms with van der Waals surface area (Å²) in [6.45, 7) is 0. The van der Waals surface area contributed by atoms with Crippen molar-refractivity contribution in [1.29, 1.82) is 0 Å². The van der Waals surface area contributed by atoms with Gasteiger partial charge in [-0.3, -0.25) is 0 Å². The second-order valence-electron chi connectivity index (χ2n) is 0. The molecule has 0 heterocycles. The summed E-state index contributed by atoms with van der Waals surface area (Å²) in [5, 5.41) is 0. The summed E-state index contributed by atoms with van der Waals surface area (Å²) in [4.78, 5) is 0. The van der Waals surface area contributed by atoms with E-state index in [-0.39, 0.29) is 24.4 Å². The summed E-state index contributed by atoms with van der Waals surface area (Å²) in [6.07, 6.45) is 0. The quantitative estimate of drug-likeness (QED) is 0.554. The van der Waals surface area contributed by atoms with Gasteiger partial charge < -0.3 is 0 Å². The first-order valence-electron chi connectivity index (χ1n) is 0.348. The fraction of sp³-hybridized carbons (Fsp3) is 0. The van der Waals surface area contributed by atoms with Crippen molar-refractivity contribution in [1.82, 2.24) is 0 Å². The summed E-state index contributed by atoms with van der Waals surface area (Å²) in [5.74, 6) is 0. The molecule has 0 radical (unpaired) electrons. The van der Waals surface area contributed by atoms with Crippen molar-refractivity contribution >= 4 is 0 Å². The third kappa shape index (κ3) is 9.20. The van der Waals surface area contributed by atoms with Gasteiger partial charge in [0.1, 0.15) is 0 Å². The Morgan fingerprint density at radius 2 is 1.25 bits per heavy atom. The van der Waals surface area contributed by atoms with Crippen LogP contribution in [0.1, 0.15) is 0 Å². The van der Waals surface area contributed by atoms with Crippen LogP contribution < -0.4 is 0 Å². The van der Waals surface area contributed by atoms with Crippen LogP contribution in [0.5, 0.6) is 0 Å². The Balaban J connectivity index is 0. The van der Waals surface area contributed by atoms with Crippen molar-refractivity contribution in [2.45, 2.75) is 0 Å². The number of hydrogen-bond acceptors (Lipinski definition) is 2. The molecule has 0 N–H and O–H groups in total. The summed E-state index contributed by atoms with van der Waals surface area (Å²) >= 11 is 0.667. The molecule has 24 valence electrons. The topological polar surface area (TPSA) is 34.1 Å². The van der Waals surface area contributed by atoms with Crippen molar-refractivity contribution in [2.24, 2.45) is 0 Å². The van der Waals surface area contributed by atoms with E-state index in [2.05, 4.69) is 0 Å². The third-order valence-corrected chi connectivity index (χ3v) is 0. The van der Waals surface area contributed by atoms with Crippen LogP contribution in [0.25, 0.3) is 0 Å². The summed E-state index contributed by atoms with van der Waals surface area (Å²) in [7, 11) is 0. The van der Waals surface area contributed by atoms with Crippen LogP contribution in [-0.4, -0.2) is 0 Å². The van der Waals surface area contributed by atoms with Gasteiger partial charge in [-0.2, -0.15) is 0 Å². The van der Waals surface area contributed by atoms with Gasteiger partial charge >= 0.3 is 66.4 Å². The molecule has 0 spiro atoms. The van der Waals surface area contributed by atoms with Crippen LogP contribution in [0.4, 0.5) is 0 Å². The van der Waals surface area contributed by atoms with Crippen LogP contribution in [0.2, 0.25) is 0 Å². The number of rotatable bonds is 0. The fourth-order valence-corrected chi connectivity index (χ4v) is 0. The number of hydrogen-bond donors (Lipinski definition) is 0. The van der Waals surface area contributed by atoms with E-state index < -0.39 is 0 Å². The van der Waals surface area contributed by atoms with Gasteiger partial charge in [0.2, 0.25) is 0 Å². The molecule has 0 aliphatic rings. The molecular weight excluding hydrogens is 368 g/mol. The molecule has 2 nitrogen and oxygen atoms in total. The van der Waals surface area contributed by atoms with E-state index in [0.29, 0.717) is 38.0 Å². The Hall–Kier alpha value is 1.79. The van der Waals surface area contributed by atoms with E-state index in [1.165, 1.54) is 0 Å². The van der Waals surface area contributed by atoms with Crippen LogP contribution in [0.3, 0.4) is 0 Å². The van der Waals surface area contributed by atoms with Gasteiger partial charge in [0.15, 0.2) is 0 Å². The second kappa shape index (κ2) is 21.4. The maximum absolute atomic E-state index is 8.39. The van der Waals surface area contributed by atoms with Crippen molar-refractivity contribution in [3.05, 3.63) is 0 Å². The Kier molecular flexibility index (Phi) is 49.6. The Morgan fingerprint density at radius 1 is 1.25 bits per heavy atom.